The summed E-state index contributed by atoms with van der Waals surface area (Å²) in [6.45, 7) is 10.4. The second kappa shape index (κ2) is 10.2. The first-order valence-corrected chi connectivity index (χ1v) is 12.4. The first kappa shape index (κ1) is 26.7. The zero-order valence-corrected chi connectivity index (χ0v) is 21.9. The molecule has 0 bridgehead atoms. The lowest BCUT2D eigenvalue weighted by Crippen LogP contribution is -2.46. The van der Waals surface area contributed by atoms with Crippen molar-refractivity contribution in [1.82, 2.24) is 20.3 Å². The number of anilines is 1. The summed E-state index contributed by atoms with van der Waals surface area (Å²) in [5.41, 5.74) is 6.47. The Labute approximate surface area is 216 Å². The monoisotopic (exact) mass is 510 g/mol. The van der Waals surface area contributed by atoms with Crippen LogP contribution in [0.15, 0.2) is 30.3 Å². The van der Waals surface area contributed by atoms with Gasteiger partial charge in [-0.05, 0) is 57.1 Å². The van der Waals surface area contributed by atoms with Gasteiger partial charge >= 0.3 is 0 Å². The lowest BCUT2D eigenvalue weighted by atomic mass is 9.95. The van der Waals surface area contributed by atoms with Crippen LogP contribution in [0.1, 0.15) is 57.2 Å². The van der Waals surface area contributed by atoms with E-state index in [1.165, 1.54) is 0 Å². The van der Waals surface area contributed by atoms with Crippen LogP contribution in [0, 0.1) is 0 Å². The molecule has 10 heteroatoms. The highest BCUT2D eigenvalue weighted by atomic mass is 19.1. The Balaban J connectivity index is 1.82. The van der Waals surface area contributed by atoms with E-state index in [1.807, 2.05) is 20.8 Å². The minimum atomic E-state index is -1.06. The summed E-state index contributed by atoms with van der Waals surface area (Å²) >= 11 is 0. The SMILES string of the molecule is CC(C)(O)COc1ccc(-c2cc(C(N)=O)c3nc(C(C)(C)C)nc(N[C@@H]4CNCC[C@H]4F)c3n2)cc1. The van der Waals surface area contributed by atoms with Crippen LogP contribution < -0.4 is 21.1 Å². The van der Waals surface area contributed by atoms with Crippen molar-refractivity contribution >= 4 is 22.8 Å². The van der Waals surface area contributed by atoms with E-state index in [0.717, 1.165) is 0 Å². The number of carbonyl (C=O) groups is 1. The number of carbonyl (C=O) groups excluding carboxylic acids is 1. The minimum absolute atomic E-state index is 0.139. The average molecular weight is 511 g/mol. The van der Waals surface area contributed by atoms with E-state index in [1.54, 1.807) is 44.2 Å². The summed E-state index contributed by atoms with van der Waals surface area (Å²) in [6, 6.07) is 8.24. The molecule has 2 atom stereocenters. The lowest BCUT2D eigenvalue weighted by molar-refractivity contribution is 0.0285. The van der Waals surface area contributed by atoms with Gasteiger partial charge in [-0.1, -0.05) is 20.8 Å². The Bertz CT molecular complexity index is 1280. The van der Waals surface area contributed by atoms with Crippen LogP contribution in [0.3, 0.4) is 0 Å². The minimum Gasteiger partial charge on any atom is -0.491 e. The van der Waals surface area contributed by atoms with Gasteiger partial charge in [0.05, 0.1) is 22.9 Å². The number of piperidine rings is 1. The Hall–Kier alpha value is -3.37. The number of aromatic nitrogens is 3. The second-order valence-electron chi connectivity index (χ2n) is 11.1. The third-order valence-corrected chi connectivity index (χ3v) is 6.05. The summed E-state index contributed by atoms with van der Waals surface area (Å²) in [5, 5.41) is 16.3. The number of hydrogen-bond donors (Lipinski definition) is 4. The molecule has 2 aromatic heterocycles. The number of hydrogen-bond acceptors (Lipinski definition) is 8. The summed E-state index contributed by atoms with van der Waals surface area (Å²) in [7, 11) is 0. The van der Waals surface area contributed by atoms with Crippen LogP contribution in [-0.4, -0.2) is 63.5 Å². The van der Waals surface area contributed by atoms with Crippen molar-refractivity contribution in [3.8, 4) is 17.0 Å². The number of halogens is 1. The number of aliphatic hydroxyl groups is 1. The summed E-state index contributed by atoms with van der Waals surface area (Å²) in [5.74, 6) is 0.792. The molecular formula is C27H35FN6O3. The molecule has 1 fully saturated rings. The van der Waals surface area contributed by atoms with E-state index in [0.29, 0.717) is 59.2 Å². The van der Waals surface area contributed by atoms with Crippen LogP contribution in [0.5, 0.6) is 5.75 Å². The average Bonchev–Trinajstić information content (AvgIpc) is 2.82. The highest BCUT2D eigenvalue weighted by Gasteiger charge is 2.28. The largest absolute Gasteiger partial charge is 0.491 e. The summed E-state index contributed by atoms with van der Waals surface area (Å²) in [6.07, 6.45) is -0.667. The molecule has 3 aromatic rings. The molecule has 37 heavy (non-hydrogen) atoms. The van der Waals surface area contributed by atoms with E-state index in [4.69, 9.17) is 20.4 Å². The molecule has 0 saturated carbocycles. The predicted octanol–water partition coefficient (Wildman–Crippen LogP) is 3.35. The van der Waals surface area contributed by atoms with Crippen molar-refractivity contribution in [1.29, 1.82) is 0 Å². The fraction of sp³-hybridized carbons (Fsp3) is 0.481. The topological polar surface area (TPSA) is 135 Å². The van der Waals surface area contributed by atoms with E-state index < -0.39 is 29.1 Å². The number of ether oxygens (including phenoxy) is 1. The molecular weight excluding hydrogens is 475 g/mol. The molecule has 0 radical (unpaired) electrons. The smallest absolute Gasteiger partial charge is 0.251 e. The second-order valence-corrected chi connectivity index (χ2v) is 11.1. The van der Waals surface area contributed by atoms with Crippen molar-refractivity contribution in [3.63, 3.8) is 0 Å². The van der Waals surface area contributed by atoms with Gasteiger partial charge in [0.15, 0.2) is 5.82 Å². The normalized spacial score (nSPS) is 18.6. The molecule has 9 nitrogen and oxygen atoms in total. The highest BCUT2D eigenvalue weighted by molar-refractivity contribution is 6.07. The molecule has 0 unspecified atom stereocenters. The quantitative estimate of drug-likeness (QED) is 0.380. The maximum Gasteiger partial charge on any atom is 0.251 e. The lowest BCUT2D eigenvalue weighted by Gasteiger charge is -2.29. The summed E-state index contributed by atoms with van der Waals surface area (Å²) in [4.78, 5) is 26.7. The number of nitrogens with zero attached hydrogens (tertiary/aromatic N) is 3. The number of nitrogens with two attached hydrogens (primary N) is 1. The number of alkyl halides is 1. The number of pyridine rings is 1. The fourth-order valence-electron chi connectivity index (χ4n) is 4.00. The number of benzene rings is 1. The van der Waals surface area contributed by atoms with Gasteiger partial charge in [0.1, 0.15) is 35.4 Å². The van der Waals surface area contributed by atoms with Crippen LogP contribution in [0.4, 0.5) is 10.2 Å². The molecule has 4 rings (SSSR count). The number of amides is 1. The van der Waals surface area contributed by atoms with Gasteiger partial charge in [-0.25, -0.2) is 19.3 Å². The van der Waals surface area contributed by atoms with Crippen LogP contribution >= 0.6 is 0 Å². The van der Waals surface area contributed by atoms with Gasteiger partial charge in [0.2, 0.25) is 0 Å². The first-order valence-electron chi connectivity index (χ1n) is 12.4. The molecule has 1 amide bonds. The van der Waals surface area contributed by atoms with Gasteiger partial charge < -0.3 is 26.2 Å². The molecule has 0 spiro atoms. The number of rotatable bonds is 7. The number of fused-ring (bicyclic) bond motifs is 1. The zero-order valence-electron chi connectivity index (χ0n) is 21.9. The Morgan fingerprint density at radius 1 is 1.16 bits per heavy atom. The van der Waals surface area contributed by atoms with Crippen LogP contribution in [0.2, 0.25) is 0 Å². The molecule has 1 saturated heterocycles. The van der Waals surface area contributed by atoms with Crippen molar-refractivity contribution in [2.24, 2.45) is 5.73 Å². The van der Waals surface area contributed by atoms with Crippen molar-refractivity contribution in [2.75, 3.05) is 25.0 Å². The maximum absolute atomic E-state index is 14.7. The molecule has 5 N–H and O–H groups in total. The van der Waals surface area contributed by atoms with Crippen molar-refractivity contribution < 1.29 is 19.0 Å². The maximum atomic E-state index is 14.7. The third-order valence-electron chi connectivity index (χ3n) is 6.05. The van der Waals surface area contributed by atoms with Gasteiger partial charge in [0.25, 0.3) is 5.91 Å². The van der Waals surface area contributed by atoms with Crippen molar-refractivity contribution in [3.05, 3.63) is 41.7 Å². The van der Waals surface area contributed by atoms with E-state index in [-0.39, 0.29) is 12.2 Å². The van der Waals surface area contributed by atoms with Gasteiger partial charge in [-0.15, -0.1) is 0 Å². The first-order chi connectivity index (χ1) is 17.3. The van der Waals surface area contributed by atoms with Crippen LogP contribution in [0.25, 0.3) is 22.3 Å². The van der Waals surface area contributed by atoms with Gasteiger partial charge in [-0.2, -0.15) is 0 Å². The van der Waals surface area contributed by atoms with E-state index in [2.05, 4.69) is 15.6 Å². The Morgan fingerprint density at radius 3 is 2.46 bits per heavy atom. The van der Waals surface area contributed by atoms with E-state index >= 15 is 0 Å². The predicted molar refractivity (Wildman–Crippen MR) is 142 cm³/mol. The molecule has 198 valence electrons. The summed E-state index contributed by atoms with van der Waals surface area (Å²) < 4.78 is 20.4. The fourth-order valence-corrected chi connectivity index (χ4v) is 4.00. The molecule has 1 aliphatic heterocycles. The number of primary amides is 1. The molecule has 3 heterocycles. The van der Waals surface area contributed by atoms with Crippen molar-refractivity contribution in [2.45, 2.75) is 64.3 Å². The van der Waals surface area contributed by atoms with Crippen LogP contribution in [-0.2, 0) is 5.41 Å². The van der Waals surface area contributed by atoms with Gasteiger partial charge in [-0.3, -0.25) is 4.79 Å². The third kappa shape index (κ3) is 6.31. The number of nitrogens with one attached hydrogen (secondary N) is 2. The Morgan fingerprint density at radius 2 is 1.86 bits per heavy atom. The Kier molecular flexibility index (Phi) is 7.34. The molecule has 1 aliphatic rings. The molecule has 0 aliphatic carbocycles. The standard InChI is InChI=1S/C27H35FN6O3/c1-26(2,3)25-33-21-17(23(29)35)12-19(15-6-8-16(9-7-15)37-14-27(4,5)36)31-22(21)24(34-25)32-20-13-30-11-10-18(20)28/h6-9,12,18,20,30,36H,10-11,13-14H2,1-5H3,(H2,29,35)(H,32,33,34)/t18-,20-/m1/s1. The zero-order chi connectivity index (χ0) is 27.0. The van der Waals surface area contributed by atoms with E-state index in [9.17, 15) is 14.3 Å². The highest BCUT2D eigenvalue weighted by Crippen LogP contribution is 2.31. The molecule has 1 aromatic carbocycles. The van der Waals surface area contributed by atoms with Gasteiger partial charge in [0, 0.05) is 17.5 Å².